The van der Waals surface area contributed by atoms with E-state index in [0.717, 1.165) is 0 Å². The maximum atomic E-state index is 12.1. The first-order chi connectivity index (χ1) is 13.1. The van der Waals surface area contributed by atoms with Crippen LogP contribution in [0.3, 0.4) is 0 Å². The molecular formula is C19H11N3O5. The second kappa shape index (κ2) is 6.68. The third kappa shape index (κ3) is 3.23. The number of fused-ring (bicyclic) bond motifs is 1. The summed E-state index contributed by atoms with van der Waals surface area (Å²) >= 11 is 0. The smallest absolute Gasteiger partial charge is 0.345 e. The van der Waals surface area contributed by atoms with Crippen LogP contribution >= 0.6 is 0 Å². The molecule has 3 heterocycles. The number of carbonyl (C=O) groups is 1. The van der Waals surface area contributed by atoms with E-state index < -0.39 is 5.97 Å². The Morgan fingerprint density at radius 1 is 1.07 bits per heavy atom. The predicted octanol–water partition coefficient (Wildman–Crippen LogP) is 2.57. The molecule has 1 N–H and O–H groups in total. The van der Waals surface area contributed by atoms with Crippen LogP contribution in [0.2, 0.25) is 0 Å². The molecule has 132 valence electrons. The SMILES string of the molecule is O=C(Oc1ccc(-c2cc(=O)c3nccnc3o2)c(O)c1)c1cccnc1. The van der Waals surface area contributed by atoms with Crippen molar-refractivity contribution in [2.45, 2.75) is 0 Å². The van der Waals surface area contributed by atoms with Crippen LogP contribution in [0.4, 0.5) is 0 Å². The van der Waals surface area contributed by atoms with Gasteiger partial charge in [-0.2, -0.15) is 0 Å². The van der Waals surface area contributed by atoms with Gasteiger partial charge in [-0.1, -0.05) is 0 Å². The Labute approximate surface area is 151 Å². The van der Waals surface area contributed by atoms with E-state index in [4.69, 9.17) is 9.15 Å². The molecule has 0 aliphatic heterocycles. The standard InChI is InChI=1S/C19H11N3O5/c23-14-8-12(26-19(25)11-2-1-5-20-10-11)3-4-13(14)16-9-15(24)17-18(27-16)22-7-6-21-17/h1-10,23H. The molecule has 3 aromatic heterocycles. The van der Waals surface area contributed by atoms with Gasteiger partial charge in [0.2, 0.25) is 11.1 Å². The lowest BCUT2D eigenvalue weighted by Crippen LogP contribution is -2.08. The van der Waals surface area contributed by atoms with Gasteiger partial charge >= 0.3 is 5.97 Å². The Kier molecular flexibility index (Phi) is 4.06. The number of nitrogens with zero attached hydrogens (tertiary/aromatic N) is 3. The summed E-state index contributed by atoms with van der Waals surface area (Å²) in [4.78, 5) is 35.9. The van der Waals surface area contributed by atoms with Gasteiger partial charge in [-0.3, -0.25) is 9.78 Å². The van der Waals surface area contributed by atoms with Crippen LogP contribution in [0.5, 0.6) is 11.5 Å². The third-order valence-corrected chi connectivity index (χ3v) is 3.71. The normalized spacial score (nSPS) is 10.7. The Morgan fingerprint density at radius 3 is 2.70 bits per heavy atom. The second-order valence-electron chi connectivity index (χ2n) is 5.50. The molecular weight excluding hydrogens is 350 g/mol. The molecule has 0 bridgehead atoms. The van der Waals surface area contributed by atoms with E-state index in [2.05, 4.69) is 15.0 Å². The van der Waals surface area contributed by atoms with Crippen LogP contribution in [-0.4, -0.2) is 26.0 Å². The van der Waals surface area contributed by atoms with E-state index in [1.54, 1.807) is 18.3 Å². The van der Waals surface area contributed by atoms with Crippen molar-refractivity contribution in [3.63, 3.8) is 0 Å². The van der Waals surface area contributed by atoms with Gasteiger partial charge in [-0.25, -0.2) is 14.8 Å². The van der Waals surface area contributed by atoms with E-state index in [1.165, 1.54) is 42.9 Å². The van der Waals surface area contributed by atoms with Crippen molar-refractivity contribution < 1.29 is 19.1 Å². The number of aromatic hydroxyl groups is 1. The average Bonchev–Trinajstić information content (AvgIpc) is 2.69. The van der Waals surface area contributed by atoms with Crippen molar-refractivity contribution >= 4 is 17.2 Å². The number of pyridine rings is 1. The van der Waals surface area contributed by atoms with Crippen molar-refractivity contribution in [1.82, 2.24) is 15.0 Å². The fourth-order valence-corrected chi connectivity index (χ4v) is 2.46. The van der Waals surface area contributed by atoms with E-state index in [-0.39, 0.29) is 45.0 Å². The summed E-state index contributed by atoms with van der Waals surface area (Å²) < 4.78 is 10.8. The topological polar surface area (TPSA) is 115 Å². The molecule has 0 saturated carbocycles. The highest BCUT2D eigenvalue weighted by Gasteiger charge is 2.14. The minimum atomic E-state index is -0.609. The Balaban J connectivity index is 1.66. The van der Waals surface area contributed by atoms with Crippen LogP contribution in [0, 0.1) is 0 Å². The van der Waals surface area contributed by atoms with E-state index in [9.17, 15) is 14.7 Å². The fraction of sp³-hybridized carbons (Fsp3) is 0. The summed E-state index contributed by atoms with van der Waals surface area (Å²) in [6.45, 7) is 0. The van der Waals surface area contributed by atoms with Crippen molar-refractivity contribution in [1.29, 1.82) is 0 Å². The number of rotatable bonds is 3. The molecule has 1 aromatic carbocycles. The molecule has 4 aromatic rings. The first kappa shape index (κ1) is 16.4. The number of phenolic OH excluding ortho intramolecular Hbond substituents is 1. The molecule has 8 nitrogen and oxygen atoms in total. The molecule has 0 aliphatic carbocycles. The number of carbonyl (C=O) groups excluding carboxylic acids is 1. The van der Waals surface area contributed by atoms with Gasteiger partial charge in [-0.15, -0.1) is 0 Å². The van der Waals surface area contributed by atoms with E-state index in [1.807, 2.05) is 0 Å². The highest BCUT2D eigenvalue weighted by molar-refractivity contribution is 5.90. The van der Waals surface area contributed by atoms with Gasteiger partial charge in [0, 0.05) is 36.9 Å². The summed E-state index contributed by atoms with van der Waals surface area (Å²) in [6, 6.07) is 8.60. The van der Waals surface area contributed by atoms with Crippen molar-refractivity contribution in [2.24, 2.45) is 0 Å². The molecule has 4 rings (SSSR count). The summed E-state index contributed by atoms with van der Waals surface area (Å²) in [5, 5.41) is 10.3. The van der Waals surface area contributed by atoms with Gasteiger partial charge in [-0.05, 0) is 24.3 Å². The number of hydrogen-bond acceptors (Lipinski definition) is 8. The lowest BCUT2D eigenvalue weighted by atomic mass is 10.1. The second-order valence-corrected chi connectivity index (χ2v) is 5.50. The first-order valence-corrected chi connectivity index (χ1v) is 7.82. The Hall–Kier alpha value is -4.07. The molecule has 27 heavy (non-hydrogen) atoms. The van der Waals surface area contributed by atoms with Crippen LogP contribution in [0.25, 0.3) is 22.6 Å². The summed E-state index contributed by atoms with van der Waals surface area (Å²) in [5.74, 6) is -0.579. The number of phenols is 1. The third-order valence-electron chi connectivity index (χ3n) is 3.71. The minimum Gasteiger partial charge on any atom is -0.507 e. The summed E-state index contributed by atoms with van der Waals surface area (Å²) in [7, 11) is 0. The lowest BCUT2D eigenvalue weighted by molar-refractivity contribution is 0.0734. The zero-order valence-electron chi connectivity index (χ0n) is 13.7. The number of esters is 1. The van der Waals surface area contributed by atoms with Gasteiger partial charge < -0.3 is 14.3 Å². The molecule has 0 atom stereocenters. The van der Waals surface area contributed by atoms with E-state index in [0.29, 0.717) is 0 Å². The monoisotopic (exact) mass is 361 g/mol. The van der Waals surface area contributed by atoms with Crippen molar-refractivity contribution in [2.75, 3.05) is 0 Å². The Morgan fingerprint density at radius 2 is 1.93 bits per heavy atom. The number of hydrogen-bond donors (Lipinski definition) is 1. The molecule has 8 heteroatoms. The van der Waals surface area contributed by atoms with Gasteiger partial charge in [0.25, 0.3) is 0 Å². The van der Waals surface area contributed by atoms with Gasteiger partial charge in [0.05, 0.1) is 11.1 Å². The maximum Gasteiger partial charge on any atom is 0.345 e. The number of ether oxygens (including phenoxy) is 1. The van der Waals surface area contributed by atoms with Crippen LogP contribution in [0.1, 0.15) is 10.4 Å². The van der Waals surface area contributed by atoms with Crippen molar-refractivity contribution in [3.05, 3.63) is 77.0 Å². The zero-order chi connectivity index (χ0) is 18.8. The minimum absolute atomic E-state index is 0.0616. The van der Waals surface area contributed by atoms with Crippen LogP contribution in [0.15, 0.2) is 70.4 Å². The highest BCUT2D eigenvalue weighted by Crippen LogP contribution is 2.32. The molecule has 0 fully saturated rings. The van der Waals surface area contributed by atoms with Crippen LogP contribution in [-0.2, 0) is 0 Å². The van der Waals surface area contributed by atoms with Gasteiger partial charge in [0.15, 0.2) is 5.52 Å². The zero-order valence-corrected chi connectivity index (χ0v) is 13.7. The molecule has 0 saturated heterocycles. The Bertz CT molecular complexity index is 1200. The lowest BCUT2D eigenvalue weighted by Gasteiger charge is -2.08. The number of benzene rings is 1. The van der Waals surface area contributed by atoms with Gasteiger partial charge in [0.1, 0.15) is 17.3 Å². The quantitative estimate of drug-likeness (QED) is 0.437. The molecule has 0 radical (unpaired) electrons. The number of aromatic nitrogens is 3. The summed E-state index contributed by atoms with van der Waals surface area (Å²) in [5.41, 5.74) is 0.307. The molecule has 0 aliphatic rings. The highest BCUT2D eigenvalue weighted by atomic mass is 16.5. The van der Waals surface area contributed by atoms with Crippen LogP contribution < -0.4 is 10.2 Å². The predicted molar refractivity (Wildman–Crippen MR) is 94.4 cm³/mol. The summed E-state index contributed by atoms with van der Waals surface area (Å²) in [6.07, 6.45) is 5.71. The fourth-order valence-electron chi connectivity index (χ4n) is 2.46. The average molecular weight is 361 g/mol. The molecule has 0 spiro atoms. The van der Waals surface area contributed by atoms with Crippen molar-refractivity contribution in [3.8, 4) is 22.8 Å². The molecule has 0 unspecified atom stereocenters. The van der Waals surface area contributed by atoms with E-state index >= 15 is 0 Å². The largest absolute Gasteiger partial charge is 0.507 e. The maximum absolute atomic E-state index is 12.1. The molecule has 0 amide bonds. The first-order valence-electron chi connectivity index (χ1n) is 7.82.